The molecule has 0 amide bonds. The van der Waals surface area contributed by atoms with Crippen molar-refractivity contribution in [2.24, 2.45) is 0 Å². The minimum Gasteiger partial charge on any atom is -0.465 e. The van der Waals surface area contributed by atoms with E-state index < -0.39 is 11.9 Å². The van der Waals surface area contributed by atoms with Crippen molar-refractivity contribution < 1.29 is 23.8 Å². The molecule has 3 heterocycles. The number of nitrogens with zero attached hydrogens (tertiary/aromatic N) is 3. The Morgan fingerprint density at radius 2 is 1.55 bits per heavy atom. The molecule has 8 heteroatoms. The summed E-state index contributed by atoms with van der Waals surface area (Å²) in [6.45, 7) is 5.65. The zero-order valence-corrected chi connectivity index (χ0v) is 17.8. The zero-order chi connectivity index (χ0) is 21.8. The lowest BCUT2D eigenvalue weighted by molar-refractivity contribution is -0.139. The summed E-state index contributed by atoms with van der Waals surface area (Å²) in [6, 6.07) is 8.52. The number of rotatable bonds is 5. The van der Waals surface area contributed by atoms with Gasteiger partial charge >= 0.3 is 11.9 Å². The van der Waals surface area contributed by atoms with Crippen LogP contribution in [0.15, 0.2) is 60.0 Å². The third-order valence-electron chi connectivity index (χ3n) is 5.83. The maximum absolute atomic E-state index is 12.5. The first-order valence-electron chi connectivity index (χ1n) is 10.3. The summed E-state index contributed by atoms with van der Waals surface area (Å²) >= 11 is 0. The molecule has 0 unspecified atom stereocenters. The van der Waals surface area contributed by atoms with Crippen LogP contribution in [-0.2, 0) is 23.8 Å². The van der Waals surface area contributed by atoms with Gasteiger partial charge in [0.15, 0.2) is 0 Å². The summed E-state index contributed by atoms with van der Waals surface area (Å²) in [5.74, 6) is -1.21. The Morgan fingerprint density at radius 3 is 2.13 bits per heavy atom. The first kappa shape index (κ1) is 21.1. The fourth-order valence-corrected chi connectivity index (χ4v) is 3.97. The predicted molar refractivity (Wildman–Crippen MR) is 117 cm³/mol. The standard InChI is InChI=1S/C23H27N3O5/c1-29-22(27)20-5-3-4-10-26(21(20)23(28)30-2)18-8-6-17(7-9-18)24-11-13-25(14-12-24)19-15-31-16-19/h3-10,19H,11-16H2,1-2H3. The summed E-state index contributed by atoms with van der Waals surface area (Å²) in [5, 5.41) is 0. The van der Waals surface area contributed by atoms with Crippen molar-refractivity contribution in [3.05, 3.63) is 60.0 Å². The number of allylic oxidation sites excluding steroid dienone is 2. The second-order valence-corrected chi connectivity index (χ2v) is 7.55. The highest BCUT2D eigenvalue weighted by Gasteiger charge is 2.30. The van der Waals surface area contributed by atoms with Crippen LogP contribution in [0.2, 0.25) is 0 Å². The molecule has 0 aliphatic carbocycles. The van der Waals surface area contributed by atoms with E-state index in [0.717, 1.165) is 50.8 Å². The van der Waals surface area contributed by atoms with Crippen molar-refractivity contribution in [2.75, 3.05) is 63.4 Å². The van der Waals surface area contributed by atoms with Crippen LogP contribution in [0.3, 0.4) is 0 Å². The second kappa shape index (κ2) is 9.36. The quantitative estimate of drug-likeness (QED) is 0.661. The van der Waals surface area contributed by atoms with E-state index in [4.69, 9.17) is 14.2 Å². The van der Waals surface area contributed by atoms with E-state index in [2.05, 4.69) is 9.80 Å². The SMILES string of the molecule is COC(=O)C1=C(C(=O)OC)N(c2ccc(N3CCN(C4COC4)CC3)cc2)C=CC=C1. The zero-order valence-electron chi connectivity index (χ0n) is 17.8. The Balaban J connectivity index is 1.54. The van der Waals surface area contributed by atoms with Crippen LogP contribution in [0.25, 0.3) is 0 Å². The molecule has 0 saturated carbocycles. The molecule has 1 aromatic carbocycles. The lowest BCUT2D eigenvalue weighted by Gasteiger charge is -2.43. The van der Waals surface area contributed by atoms with E-state index in [1.165, 1.54) is 14.2 Å². The lowest BCUT2D eigenvalue weighted by atomic mass is 10.1. The number of hydrogen-bond donors (Lipinski definition) is 0. The predicted octanol–water partition coefficient (Wildman–Crippen LogP) is 1.70. The van der Waals surface area contributed by atoms with Gasteiger partial charge < -0.3 is 24.0 Å². The first-order valence-corrected chi connectivity index (χ1v) is 10.3. The Bertz CT molecular complexity index is 910. The molecule has 2 saturated heterocycles. The molecular weight excluding hydrogens is 398 g/mol. The molecule has 164 valence electrons. The van der Waals surface area contributed by atoms with Crippen LogP contribution in [0.4, 0.5) is 11.4 Å². The minimum absolute atomic E-state index is 0.114. The highest BCUT2D eigenvalue weighted by Crippen LogP contribution is 2.29. The van der Waals surface area contributed by atoms with Crippen LogP contribution in [0.1, 0.15) is 0 Å². The van der Waals surface area contributed by atoms with Gasteiger partial charge in [0, 0.05) is 43.8 Å². The molecular formula is C23H27N3O5. The lowest BCUT2D eigenvalue weighted by Crippen LogP contribution is -2.56. The van der Waals surface area contributed by atoms with E-state index in [-0.39, 0.29) is 11.3 Å². The maximum Gasteiger partial charge on any atom is 0.355 e. The van der Waals surface area contributed by atoms with Gasteiger partial charge in [-0.3, -0.25) is 4.90 Å². The molecule has 0 bridgehead atoms. The molecule has 0 N–H and O–H groups in total. The van der Waals surface area contributed by atoms with Crippen molar-refractivity contribution in [3.8, 4) is 0 Å². The Kier molecular flexibility index (Phi) is 6.39. The number of carbonyl (C=O) groups excluding carboxylic acids is 2. The Labute approximate surface area is 181 Å². The number of ether oxygens (including phenoxy) is 3. The smallest absolute Gasteiger partial charge is 0.355 e. The van der Waals surface area contributed by atoms with Crippen LogP contribution in [0, 0.1) is 0 Å². The van der Waals surface area contributed by atoms with Crippen LogP contribution < -0.4 is 9.80 Å². The van der Waals surface area contributed by atoms with E-state index in [1.807, 2.05) is 24.3 Å². The molecule has 0 spiro atoms. The van der Waals surface area contributed by atoms with Gasteiger partial charge in [0.2, 0.25) is 0 Å². The Hall–Kier alpha value is -3.10. The normalized spacial score (nSPS) is 19.8. The van der Waals surface area contributed by atoms with E-state index in [0.29, 0.717) is 6.04 Å². The highest BCUT2D eigenvalue weighted by molar-refractivity contribution is 6.05. The monoisotopic (exact) mass is 425 g/mol. The third-order valence-corrected chi connectivity index (χ3v) is 5.83. The summed E-state index contributed by atoms with van der Waals surface area (Å²) in [4.78, 5) is 31.3. The first-order chi connectivity index (χ1) is 15.1. The largest absolute Gasteiger partial charge is 0.465 e. The summed E-state index contributed by atoms with van der Waals surface area (Å²) in [6.07, 6.45) is 6.73. The fourth-order valence-electron chi connectivity index (χ4n) is 3.97. The number of piperazine rings is 1. The van der Waals surface area contributed by atoms with Crippen LogP contribution in [-0.4, -0.2) is 76.5 Å². The van der Waals surface area contributed by atoms with Crippen molar-refractivity contribution in [2.45, 2.75) is 6.04 Å². The van der Waals surface area contributed by atoms with Crippen molar-refractivity contribution in [3.63, 3.8) is 0 Å². The van der Waals surface area contributed by atoms with E-state index >= 15 is 0 Å². The van der Waals surface area contributed by atoms with Crippen molar-refractivity contribution in [1.29, 1.82) is 0 Å². The maximum atomic E-state index is 12.5. The molecule has 4 rings (SSSR count). The average molecular weight is 425 g/mol. The fraction of sp³-hybridized carbons (Fsp3) is 0.391. The average Bonchev–Trinajstić information content (AvgIpc) is 3.00. The van der Waals surface area contributed by atoms with Gasteiger partial charge in [0.25, 0.3) is 0 Å². The summed E-state index contributed by atoms with van der Waals surface area (Å²) in [5.41, 5.74) is 2.13. The topological polar surface area (TPSA) is 71.6 Å². The Morgan fingerprint density at radius 1 is 0.903 bits per heavy atom. The van der Waals surface area contributed by atoms with Crippen molar-refractivity contribution >= 4 is 23.3 Å². The molecule has 3 aliphatic rings. The van der Waals surface area contributed by atoms with Crippen LogP contribution in [0.5, 0.6) is 0 Å². The summed E-state index contributed by atoms with van der Waals surface area (Å²) in [7, 11) is 2.58. The number of carbonyl (C=O) groups is 2. The molecule has 8 nitrogen and oxygen atoms in total. The number of anilines is 2. The number of hydrogen-bond acceptors (Lipinski definition) is 8. The molecule has 1 aromatic rings. The van der Waals surface area contributed by atoms with Gasteiger partial charge in [-0.1, -0.05) is 6.08 Å². The number of esters is 2. The van der Waals surface area contributed by atoms with Crippen molar-refractivity contribution in [1.82, 2.24) is 4.90 Å². The molecule has 31 heavy (non-hydrogen) atoms. The molecule has 2 fully saturated rings. The van der Waals surface area contributed by atoms with Crippen LogP contribution >= 0.6 is 0 Å². The van der Waals surface area contributed by atoms with Gasteiger partial charge in [-0.25, -0.2) is 9.59 Å². The molecule has 0 aromatic heterocycles. The van der Waals surface area contributed by atoms with E-state index in [1.54, 1.807) is 29.3 Å². The van der Waals surface area contributed by atoms with Gasteiger partial charge in [0.05, 0.1) is 39.0 Å². The number of benzene rings is 1. The van der Waals surface area contributed by atoms with Gasteiger partial charge in [-0.15, -0.1) is 0 Å². The molecule has 3 aliphatic heterocycles. The highest BCUT2D eigenvalue weighted by atomic mass is 16.5. The molecule has 0 atom stereocenters. The summed E-state index contributed by atoms with van der Waals surface area (Å²) < 4.78 is 15.1. The minimum atomic E-state index is -0.614. The van der Waals surface area contributed by atoms with Gasteiger partial charge in [-0.05, 0) is 36.4 Å². The second-order valence-electron chi connectivity index (χ2n) is 7.55. The van der Waals surface area contributed by atoms with Gasteiger partial charge in [0.1, 0.15) is 5.70 Å². The number of methoxy groups -OCH3 is 2. The van der Waals surface area contributed by atoms with E-state index in [9.17, 15) is 9.59 Å². The third kappa shape index (κ3) is 4.35. The molecule has 0 radical (unpaired) electrons. The van der Waals surface area contributed by atoms with Gasteiger partial charge in [-0.2, -0.15) is 0 Å².